The summed E-state index contributed by atoms with van der Waals surface area (Å²) in [5.74, 6) is 0.903. The second-order valence-corrected chi connectivity index (χ2v) is 3.67. The van der Waals surface area contributed by atoms with Crippen LogP contribution in [0.4, 0.5) is 0 Å². The average molecular weight is 223 g/mol. The molecule has 0 radical (unpaired) electrons. The number of aliphatic imine (C=N–C) groups is 1. The van der Waals surface area contributed by atoms with Crippen LogP contribution in [0.3, 0.4) is 0 Å². The maximum absolute atomic E-state index is 4.14. The van der Waals surface area contributed by atoms with Gasteiger partial charge in [-0.15, -0.1) is 0 Å². The Labute approximate surface area is 99.7 Å². The van der Waals surface area contributed by atoms with Crippen molar-refractivity contribution in [1.29, 1.82) is 0 Å². The van der Waals surface area contributed by atoms with Crippen LogP contribution < -0.4 is 10.6 Å². The number of nitrogens with one attached hydrogen (secondary N) is 2. The lowest BCUT2D eigenvalue weighted by Gasteiger charge is -2.06. The fraction of sp³-hybridized carbons (Fsp3) is 0.615. The van der Waals surface area contributed by atoms with Gasteiger partial charge in [-0.25, -0.2) is 0 Å². The monoisotopic (exact) mass is 223 g/mol. The van der Waals surface area contributed by atoms with Crippen molar-refractivity contribution in [2.75, 3.05) is 20.1 Å². The topological polar surface area (TPSA) is 36.4 Å². The van der Waals surface area contributed by atoms with E-state index in [1.165, 1.54) is 12.8 Å². The smallest absolute Gasteiger partial charge is 0.120 e. The zero-order chi connectivity index (χ0) is 12.2. The third-order valence-electron chi connectivity index (χ3n) is 2.12. The standard InChI is InChI=1S/C13H25N3/c1-5-7-11-15-12(3)8-9-13(14-4)16-10-6-2/h8-9,15H,3,5-7,10-11H2,1-2,4H3,(H,14,16)/b9-8-. The highest BCUT2D eigenvalue weighted by molar-refractivity contribution is 5.93. The summed E-state index contributed by atoms with van der Waals surface area (Å²) in [6.45, 7) is 10.2. The van der Waals surface area contributed by atoms with Crippen LogP contribution in [0, 0.1) is 0 Å². The van der Waals surface area contributed by atoms with Crippen LogP contribution >= 0.6 is 0 Å². The molecule has 0 saturated heterocycles. The van der Waals surface area contributed by atoms with Crippen LogP contribution in [0.5, 0.6) is 0 Å². The summed E-state index contributed by atoms with van der Waals surface area (Å²) < 4.78 is 0. The SMILES string of the molecule is C=C(/C=C\C(=NC)NCCC)NCCCC. The minimum Gasteiger partial charge on any atom is -0.386 e. The molecule has 0 aliphatic carbocycles. The Balaban J connectivity index is 3.89. The normalized spacial score (nSPS) is 11.8. The number of rotatable bonds is 8. The Bertz CT molecular complexity index is 242. The van der Waals surface area contributed by atoms with Crippen LogP contribution in [0.2, 0.25) is 0 Å². The quantitative estimate of drug-likeness (QED) is 0.287. The molecule has 3 heteroatoms. The van der Waals surface area contributed by atoms with Gasteiger partial charge in [0.2, 0.25) is 0 Å². The number of allylic oxidation sites excluding steroid dienone is 1. The first-order valence-corrected chi connectivity index (χ1v) is 6.06. The zero-order valence-electron chi connectivity index (χ0n) is 10.8. The minimum absolute atomic E-state index is 0.903. The van der Waals surface area contributed by atoms with Gasteiger partial charge in [-0.3, -0.25) is 4.99 Å². The van der Waals surface area contributed by atoms with E-state index in [2.05, 4.69) is 36.1 Å². The Morgan fingerprint density at radius 3 is 2.44 bits per heavy atom. The molecular formula is C13H25N3. The van der Waals surface area contributed by atoms with Crippen molar-refractivity contribution < 1.29 is 0 Å². The molecule has 0 heterocycles. The van der Waals surface area contributed by atoms with E-state index in [1.807, 2.05) is 12.2 Å². The third kappa shape index (κ3) is 8.09. The first-order valence-electron chi connectivity index (χ1n) is 6.06. The lowest BCUT2D eigenvalue weighted by atomic mass is 10.3. The van der Waals surface area contributed by atoms with Gasteiger partial charge >= 0.3 is 0 Å². The molecule has 0 amide bonds. The second kappa shape index (κ2) is 10.3. The van der Waals surface area contributed by atoms with Gasteiger partial charge in [0, 0.05) is 25.8 Å². The summed E-state index contributed by atoms with van der Waals surface area (Å²) in [5.41, 5.74) is 0.938. The fourth-order valence-electron chi connectivity index (χ4n) is 1.13. The fourth-order valence-corrected chi connectivity index (χ4v) is 1.13. The van der Waals surface area contributed by atoms with Crippen molar-refractivity contribution in [3.8, 4) is 0 Å². The molecule has 0 aliphatic heterocycles. The number of hydrogen-bond donors (Lipinski definition) is 2. The van der Waals surface area contributed by atoms with Crippen molar-refractivity contribution in [3.05, 3.63) is 24.4 Å². The van der Waals surface area contributed by atoms with Crippen LogP contribution in [0.1, 0.15) is 33.1 Å². The molecule has 0 aromatic heterocycles. The van der Waals surface area contributed by atoms with Crippen molar-refractivity contribution in [2.24, 2.45) is 4.99 Å². The van der Waals surface area contributed by atoms with Gasteiger partial charge in [-0.05, 0) is 25.0 Å². The first kappa shape index (κ1) is 14.8. The molecule has 0 aromatic rings. The molecule has 0 fully saturated rings. The highest BCUT2D eigenvalue weighted by Crippen LogP contribution is 1.91. The lowest BCUT2D eigenvalue weighted by Crippen LogP contribution is -2.22. The predicted molar refractivity (Wildman–Crippen MR) is 72.8 cm³/mol. The highest BCUT2D eigenvalue weighted by Gasteiger charge is 1.91. The molecule has 0 spiro atoms. The third-order valence-corrected chi connectivity index (χ3v) is 2.12. The number of nitrogens with zero attached hydrogens (tertiary/aromatic N) is 1. The molecule has 16 heavy (non-hydrogen) atoms. The van der Waals surface area contributed by atoms with Crippen molar-refractivity contribution in [3.63, 3.8) is 0 Å². The maximum Gasteiger partial charge on any atom is 0.120 e. The molecule has 92 valence electrons. The Morgan fingerprint density at radius 2 is 1.88 bits per heavy atom. The van der Waals surface area contributed by atoms with Gasteiger partial charge in [0.1, 0.15) is 5.84 Å². The summed E-state index contributed by atoms with van der Waals surface area (Å²) in [4.78, 5) is 4.14. The molecule has 0 atom stereocenters. The van der Waals surface area contributed by atoms with Gasteiger partial charge in [-0.1, -0.05) is 26.8 Å². The van der Waals surface area contributed by atoms with E-state index in [4.69, 9.17) is 0 Å². The Kier molecular flexibility index (Phi) is 9.47. The summed E-state index contributed by atoms with van der Waals surface area (Å²) >= 11 is 0. The molecule has 3 nitrogen and oxygen atoms in total. The van der Waals surface area contributed by atoms with Crippen LogP contribution in [0.25, 0.3) is 0 Å². The molecule has 0 saturated carbocycles. The molecule has 0 bridgehead atoms. The van der Waals surface area contributed by atoms with E-state index in [0.29, 0.717) is 0 Å². The van der Waals surface area contributed by atoms with Gasteiger partial charge in [0.05, 0.1) is 0 Å². The lowest BCUT2D eigenvalue weighted by molar-refractivity contribution is 0.721. The van der Waals surface area contributed by atoms with E-state index in [-0.39, 0.29) is 0 Å². The van der Waals surface area contributed by atoms with E-state index >= 15 is 0 Å². The summed E-state index contributed by atoms with van der Waals surface area (Å²) in [6, 6.07) is 0. The average Bonchev–Trinajstić information content (AvgIpc) is 2.30. The summed E-state index contributed by atoms with van der Waals surface area (Å²) in [5, 5.41) is 6.49. The van der Waals surface area contributed by atoms with E-state index in [0.717, 1.165) is 31.0 Å². The molecule has 0 aromatic carbocycles. The Morgan fingerprint density at radius 1 is 1.12 bits per heavy atom. The van der Waals surface area contributed by atoms with E-state index in [9.17, 15) is 0 Å². The molecule has 0 rings (SSSR count). The van der Waals surface area contributed by atoms with Crippen molar-refractivity contribution in [2.45, 2.75) is 33.1 Å². The van der Waals surface area contributed by atoms with E-state index in [1.54, 1.807) is 7.05 Å². The maximum atomic E-state index is 4.14. The second-order valence-electron chi connectivity index (χ2n) is 3.67. The largest absolute Gasteiger partial charge is 0.386 e. The van der Waals surface area contributed by atoms with Crippen molar-refractivity contribution >= 4 is 5.84 Å². The minimum atomic E-state index is 0.903. The number of amidine groups is 1. The van der Waals surface area contributed by atoms with Gasteiger partial charge < -0.3 is 10.6 Å². The van der Waals surface area contributed by atoms with Gasteiger partial charge in [-0.2, -0.15) is 0 Å². The predicted octanol–water partition coefficient (Wildman–Crippen LogP) is 2.47. The van der Waals surface area contributed by atoms with Crippen LogP contribution in [0.15, 0.2) is 29.4 Å². The molecule has 2 N–H and O–H groups in total. The molecule has 0 unspecified atom stereocenters. The van der Waals surface area contributed by atoms with Crippen LogP contribution in [-0.2, 0) is 0 Å². The van der Waals surface area contributed by atoms with E-state index < -0.39 is 0 Å². The summed E-state index contributed by atoms with van der Waals surface area (Å²) in [6.07, 6.45) is 7.39. The highest BCUT2D eigenvalue weighted by atomic mass is 15.0. The Hall–Kier alpha value is -1.25. The molecule has 0 aliphatic rings. The molecular weight excluding hydrogens is 198 g/mol. The number of hydrogen-bond acceptors (Lipinski definition) is 2. The number of unbranched alkanes of at least 4 members (excludes halogenated alkanes) is 1. The summed E-state index contributed by atoms with van der Waals surface area (Å²) in [7, 11) is 1.79. The van der Waals surface area contributed by atoms with Crippen LogP contribution in [-0.4, -0.2) is 26.0 Å². The van der Waals surface area contributed by atoms with Gasteiger partial charge in [0.25, 0.3) is 0 Å². The van der Waals surface area contributed by atoms with Gasteiger partial charge in [0.15, 0.2) is 0 Å². The zero-order valence-corrected chi connectivity index (χ0v) is 10.8. The first-order chi connectivity index (χ1) is 7.74. The van der Waals surface area contributed by atoms with Crippen molar-refractivity contribution in [1.82, 2.24) is 10.6 Å².